The minimum Gasteiger partial charge on any atom is -0.321 e. The third kappa shape index (κ3) is 2.25. The van der Waals surface area contributed by atoms with Crippen LogP contribution < -0.4 is 0 Å². The van der Waals surface area contributed by atoms with Crippen molar-refractivity contribution in [2.45, 2.75) is 26.2 Å². The summed E-state index contributed by atoms with van der Waals surface area (Å²) in [6.45, 7) is 6.52. The summed E-state index contributed by atoms with van der Waals surface area (Å²) in [5, 5.41) is 3.82. The molecule has 2 aromatic rings. The van der Waals surface area contributed by atoms with Gasteiger partial charge in [0, 0.05) is 5.56 Å². The van der Waals surface area contributed by atoms with Crippen molar-refractivity contribution in [3.63, 3.8) is 0 Å². The van der Waals surface area contributed by atoms with Gasteiger partial charge in [-0.2, -0.15) is 4.98 Å². The number of rotatable bonds is 1. The zero-order valence-electron chi connectivity index (χ0n) is 9.49. The molecule has 0 fully saturated rings. The molecule has 16 heavy (non-hydrogen) atoms. The Balaban J connectivity index is 2.33. The molecule has 0 N–H and O–H groups in total. The van der Waals surface area contributed by atoms with Crippen molar-refractivity contribution in [1.82, 2.24) is 10.1 Å². The average molecular weight is 237 g/mol. The maximum Gasteiger partial charge on any atom is 0.320 e. The Morgan fingerprint density at radius 3 is 2.19 bits per heavy atom. The number of aromatic nitrogens is 2. The van der Waals surface area contributed by atoms with Gasteiger partial charge in [-0.1, -0.05) is 50.2 Å². The van der Waals surface area contributed by atoms with Crippen molar-refractivity contribution in [1.29, 1.82) is 0 Å². The van der Waals surface area contributed by atoms with Crippen LogP contribution in [-0.2, 0) is 5.41 Å². The first-order valence-corrected chi connectivity index (χ1v) is 5.45. The predicted octanol–water partition coefficient (Wildman–Crippen LogP) is 3.69. The van der Waals surface area contributed by atoms with Gasteiger partial charge in [-0.3, -0.25) is 0 Å². The van der Waals surface area contributed by atoms with Gasteiger partial charge in [-0.15, -0.1) is 0 Å². The van der Waals surface area contributed by atoms with Gasteiger partial charge < -0.3 is 4.52 Å². The molecule has 0 atom stereocenters. The molecule has 2 rings (SSSR count). The molecule has 0 spiro atoms. The Bertz CT molecular complexity index is 482. The molecule has 0 radical (unpaired) electrons. The smallest absolute Gasteiger partial charge is 0.320 e. The number of benzene rings is 1. The van der Waals surface area contributed by atoms with Gasteiger partial charge >= 0.3 is 5.35 Å². The standard InChI is InChI=1S/C12H13ClN2O/c1-12(2,3)9-6-4-8(5-7-9)10-14-11(13)16-15-10/h4-7H,1-3H3. The average Bonchev–Trinajstić information content (AvgIpc) is 2.64. The van der Waals surface area contributed by atoms with Crippen molar-refractivity contribution >= 4 is 11.6 Å². The number of hydrogen-bond donors (Lipinski definition) is 0. The van der Waals surface area contributed by atoms with Gasteiger partial charge in [0.05, 0.1) is 0 Å². The quantitative estimate of drug-likeness (QED) is 0.758. The molecule has 0 unspecified atom stereocenters. The van der Waals surface area contributed by atoms with Crippen LogP contribution in [0.15, 0.2) is 28.8 Å². The van der Waals surface area contributed by atoms with Crippen molar-refractivity contribution in [3.05, 3.63) is 35.2 Å². The third-order valence-electron chi connectivity index (χ3n) is 2.41. The lowest BCUT2D eigenvalue weighted by Crippen LogP contribution is -2.10. The monoisotopic (exact) mass is 236 g/mol. The molecule has 3 nitrogen and oxygen atoms in total. The lowest BCUT2D eigenvalue weighted by Gasteiger charge is -2.18. The van der Waals surface area contributed by atoms with Gasteiger partial charge in [0.2, 0.25) is 5.82 Å². The first-order valence-electron chi connectivity index (χ1n) is 5.07. The maximum absolute atomic E-state index is 5.57. The van der Waals surface area contributed by atoms with Crippen LogP contribution in [0.4, 0.5) is 0 Å². The van der Waals surface area contributed by atoms with Gasteiger partial charge in [-0.25, -0.2) is 0 Å². The molecule has 0 saturated carbocycles. The van der Waals surface area contributed by atoms with Crippen molar-refractivity contribution < 1.29 is 4.52 Å². The third-order valence-corrected chi connectivity index (χ3v) is 2.56. The second-order valence-corrected chi connectivity index (χ2v) is 5.02. The van der Waals surface area contributed by atoms with Crippen LogP contribution in [0.2, 0.25) is 5.35 Å². The highest BCUT2D eigenvalue weighted by Crippen LogP contribution is 2.25. The molecule has 0 aliphatic carbocycles. The number of hydrogen-bond acceptors (Lipinski definition) is 3. The van der Waals surface area contributed by atoms with E-state index in [1.165, 1.54) is 5.56 Å². The second kappa shape index (κ2) is 3.91. The first-order chi connectivity index (χ1) is 7.47. The van der Waals surface area contributed by atoms with E-state index in [0.717, 1.165) is 5.56 Å². The fraction of sp³-hybridized carbons (Fsp3) is 0.333. The highest BCUT2D eigenvalue weighted by molar-refractivity contribution is 6.27. The molecule has 0 amide bonds. The molecule has 1 aromatic heterocycles. The fourth-order valence-corrected chi connectivity index (χ4v) is 1.56. The number of nitrogens with zero attached hydrogens (tertiary/aromatic N) is 2. The molecule has 0 aliphatic rings. The summed E-state index contributed by atoms with van der Waals surface area (Å²) < 4.78 is 4.72. The summed E-state index contributed by atoms with van der Waals surface area (Å²) in [5.41, 5.74) is 2.32. The molecule has 1 aromatic carbocycles. The van der Waals surface area contributed by atoms with E-state index in [1.807, 2.05) is 12.1 Å². The van der Waals surface area contributed by atoms with E-state index < -0.39 is 0 Å². The molecule has 0 aliphatic heterocycles. The van der Waals surface area contributed by atoms with Crippen LogP contribution in [0.3, 0.4) is 0 Å². The minimum absolute atomic E-state index is 0.0647. The van der Waals surface area contributed by atoms with Crippen LogP contribution in [0.25, 0.3) is 11.4 Å². The van der Waals surface area contributed by atoms with Gasteiger partial charge in [0.1, 0.15) is 0 Å². The molecule has 84 valence electrons. The second-order valence-electron chi connectivity index (χ2n) is 4.70. The summed E-state index contributed by atoms with van der Waals surface area (Å²) in [6, 6.07) is 8.09. The van der Waals surface area contributed by atoms with Crippen LogP contribution in [0.5, 0.6) is 0 Å². The van der Waals surface area contributed by atoms with Crippen molar-refractivity contribution in [2.75, 3.05) is 0 Å². The Labute approximate surface area is 99.4 Å². The van der Waals surface area contributed by atoms with Crippen LogP contribution in [0, 0.1) is 0 Å². The normalized spacial score (nSPS) is 11.8. The molecule has 0 saturated heterocycles. The first kappa shape index (κ1) is 11.1. The van der Waals surface area contributed by atoms with E-state index in [1.54, 1.807) is 0 Å². The summed E-state index contributed by atoms with van der Waals surface area (Å²) >= 11 is 5.57. The molecule has 0 bridgehead atoms. The lowest BCUT2D eigenvalue weighted by atomic mass is 9.87. The van der Waals surface area contributed by atoms with Crippen LogP contribution >= 0.6 is 11.6 Å². The van der Waals surface area contributed by atoms with E-state index in [2.05, 4.69) is 43.0 Å². The Kier molecular flexibility index (Phi) is 2.72. The fourth-order valence-electron chi connectivity index (χ4n) is 1.44. The SMILES string of the molecule is CC(C)(C)c1ccc(-c2noc(Cl)n2)cc1. The van der Waals surface area contributed by atoms with E-state index in [9.17, 15) is 0 Å². The highest BCUT2D eigenvalue weighted by Gasteiger charge is 2.14. The summed E-state index contributed by atoms with van der Waals surface area (Å²) in [7, 11) is 0. The summed E-state index contributed by atoms with van der Waals surface area (Å²) in [6.07, 6.45) is 0. The minimum atomic E-state index is 0.0647. The zero-order chi connectivity index (χ0) is 11.8. The maximum atomic E-state index is 5.57. The Morgan fingerprint density at radius 2 is 1.75 bits per heavy atom. The van der Waals surface area contributed by atoms with E-state index >= 15 is 0 Å². The lowest BCUT2D eigenvalue weighted by molar-refractivity contribution is 0.421. The van der Waals surface area contributed by atoms with Crippen molar-refractivity contribution in [3.8, 4) is 11.4 Å². The summed E-state index contributed by atoms with van der Waals surface area (Å²) in [5.74, 6) is 0.519. The topological polar surface area (TPSA) is 38.9 Å². The molecular formula is C12H13ClN2O. The van der Waals surface area contributed by atoms with Gasteiger partial charge in [0.25, 0.3) is 0 Å². The molecule has 4 heteroatoms. The zero-order valence-corrected chi connectivity index (χ0v) is 10.2. The number of halogens is 1. The predicted molar refractivity (Wildman–Crippen MR) is 63.4 cm³/mol. The van der Waals surface area contributed by atoms with E-state index in [4.69, 9.17) is 16.1 Å². The van der Waals surface area contributed by atoms with Gasteiger partial charge in [0.15, 0.2) is 0 Å². The Morgan fingerprint density at radius 1 is 1.12 bits per heavy atom. The van der Waals surface area contributed by atoms with E-state index in [0.29, 0.717) is 5.82 Å². The largest absolute Gasteiger partial charge is 0.321 e. The van der Waals surface area contributed by atoms with Gasteiger partial charge in [-0.05, 0) is 22.6 Å². The van der Waals surface area contributed by atoms with E-state index in [-0.39, 0.29) is 10.8 Å². The summed E-state index contributed by atoms with van der Waals surface area (Å²) in [4.78, 5) is 3.96. The van der Waals surface area contributed by atoms with Crippen LogP contribution in [-0.4, -0.2) is 10.1 Å². The highest BCUT2D eigenvalue weighted by atomic mass is 35.5. The molecular weight excluding hydrogens is 224 g/mol. The molecule has 1 heterocycles. The Hall–Kier alpha value is -1.35. The van der Waals surface area contributed by atoms with Crippen molar-refractivity contribution in [2.24, 2.45) is 0 Å². The van der Waals surface area contributed by atoms with Crippen LogP contribution in [0.1, 0.15) is 26.3 Å².